The summed E-state index contributed by atoms with van der Waals surface area (Å²) in [6, 6.07) is 1.84. The summed E-state index contributed by atoms with van der Waals surface area (Å²) in [6.07, 6.45) is 2.43. The predicted molar refractivity (Wildman–Crippen MR) is 86.4 cm³/mol. The number of rotatable bonds is 2. The van der Waals surface area contributed by atoms with Gasteiger partial charge in [0, 0.05) is 13.1 Å². The lowest BCUT2D eigenvalue weighted by Crippen LogP contribution is -2.63. The van der Waals surface area contributed by atoms with Crippen LogP contribution in [0, 0.1) is 5.92 Å². The number of nitrogens with one attached hydrogen (secondary N) is 1. The summed E-state index contributed by atoms with van der Waals surface area (Å²) in [7, 11) is 1.46. The number of carbonyl (C=O) groups is 1. The number of nitrogens with zero attached hydrogens (tertiary/aromatic N) is 3. The van der Waals surface area contributed by atoms with Crippen molar-refractivity contribution in [1.82, 2.24) is 15.0 Å². The maximum absolute atomic E-state index is 12.0. The van der Waals surface area contributed by atoms with Crippen LogP contribution in [0.5, 0.6) is 0 Å². The van der Waals surface area contributed by atoms with Crippen LogP contribution in [0.3, 0.4) is 0 Å². The van der Waals surface area contributed by atoms with Crippen LogP contribution >= 0.6 is 23.4 Å². The number of ether oxygens (including phenoxy) is 1. The molecule has 116 valence electrons. The molecule has 6 nitrogen and oxygen atoms in total. The molecule has 2 aliphatic rings. The molecule has 0 radical (unpaired) electrons. The van der Waals surface area contributed by atoms with Crippen LogP contribution in [-0.2, 0) is 9.53 Å². The third-order valence-corrected chi connectivity index (χ3v) is 6.27. The Morgan fingerprint density at radius 3 is 3.14 bits per heavy atom. The predicted octanol–water partition coefficient (Wildman–Crippen LogP) is 2.10. The molecule has 1 unspecified atom stereocenters. The number of carbonyl (C=O) groups excluding carboxylic acids is 1. The molecular formula is C14H15ClN4O2S. The van der Waals surface area contributed by atoms with Gasteiger partial charge in [-0.15, -0.1) is 0 Å². The van der Waals surface area contributed by atoms with Gasteiger partial charge < -0.3 is 14.6 Å². The molecule has 0 saturated carbocycles. The number of aromatic amines is 1. The molecule has 2 fully saturated rings. The first-order valence-electron chi connectivity index (χ1n) is 7.09. The summed E-state index contributed by atoms with van der Waals surface area (Å²) < 4.78 is 4.92. The first kappa shape index (κ1) is 14.1. The van der Waals surface area contributed by atoms with Gasteiger partial charge in [-0.25, -0.2) is 9.97 Å². The Morgan fingerprint density at radius 1 is 1.55 bits per heavy atom. The molecule has 0 bridgehead atoms. The van der Waals surface area contributed by atoms with Crippen molar-refractivity contribution in [3.63, 3.8) is 0 Å². The van der Waals surface area contributed by atoms with Crippen LogP contribution in [0.25, 0.3) is 11.0 Å². The van der Waals surface area contributed by atoms with Crippen LogP contribution in [0.2, 0.25) is 5.15 Å². The van der Waals surface area contributed by atoms with Gasteiger partial charge in [-0.3, -0.25) is 4.79 Å². The number of esters is 1. The quantitative estimate of drug-likeness (QED) is 0.845. The third-order valence-electron chi connectivity index (χ3n) is 4.51. The number of fused-ring (bicyclic) bond motifs is 1. The van der Waals surface area contributed by atoms with Crippen LogP contribution in [-0.4, -0.2) is 51.6 Å². The van der Waals surface area contributed by atoms with E-state index in [2.05, 4.69) is 19.9 Å². The van der Waals surface area contributed by atoms with Crippen LogP contribution < -0.4 is 4.90 Å². The lowest BCUT2D eigenvalue weighted by atomic mass is 9.83. The number of H-pyrrole nitrogens is 1. The van der Waals surface area contributed by atoms with Crippen molar-refractivity contribution in [1.29, 1.82) is 0 Å². The summed E-state index contributed by atoms with van der Waals surface area (Å²) in [5, 5.41) is 1.47. The van der Waals surface area contributed by atoms with E-state index in [-0.39, 0.29) is 16.6 Å². The van der Waals surface area contributed by atoms with E-state index in [1.165, 1.54) is 13.4 Å². The molecular weight excluding hydrogens is 324 g/mol. The fraction of sp³-hybridized carbons (Fsp3) is 0.500. The van der Waals surface area contributed by atoms with E-state index in [1.807, 2.05) is 17.8 Å². The Hall–Kier alpha value is -1.47. The minimum atomic E-state index is -0.0952. The van der Waals surface area contributed by atoms with Crippen LogP contribution in [0.15, 0.2) is 12.4 Å². The van der Waals surface area contributed by atoms with Crippen LogP contribution in [0.4, 0.5) is 5.82 Å². The topological polar surface area (TPSA) is 71.1 Å². The Kier molecular flexibility index (Phi) is 3.23. The van der Waals surface area contributed by atoms with Crippen molar-refractivity contribution in [3.8, 4) is 0 Å². The zero-order chi connectivity index (χ0) is 15.3. The smallest absolute Gasteiger partial charge is 0.310 e. The zero-order valence-corrected chi connectivity index (χ0v) is 13.6. The van der Waals surface area contributed by atoms with Crippen molar-refractivity contribution in [2.24, 2.45) is 5.92 Å². The minimum absolute atomic E-state index is 0.0223. The Balaban J connectivity index is 1.61. The molecule has 0 amide bonds. The fourth-order valence-electron chi connectivity index (χ4n) is 3.43. The molecule has 0 aromatic carbocycles. The summed E-state index contributed by atoms with van der Waals surface area (Å²) in [5.74, 6) is 1.76. The molecule has 2 aromatic rings. The van der Waals surface area contributed by atoms with Gasteiger partial charge in [-0.05, 0) is 18.2 Å². The summed E-state index contributed by atoms with van der Waals surface area (Å²) in [5.41, 5.74) is 0.736. The molecule has 0 aliphatic carbocycles. The largest absolute Gasteiger partial charge is 0.469 e. The number of aromatic nitrogens is 3. The van der Waals surface area contributed by atoms with Crippen LogP contribution in [0.1, 0.15) is 6.42 Å². The summed E-state index contributed by atoms with van der Waals surface area (Å²) in [6.45, 7) is 1.60. The summed E-state index contributed by atoms with van der Waals surface area (Å²) in [4.78, 5) is 25.8. The first-order valence-corrected chi connectivity index (χ1v) is 8.45. The molecule has 1 spiro atoms. The van der Waals surface area contributed by atoms with Crippen molar-refractivity contribution in [2.75, 3.05) is 30.9 Å². The second-order valence-corrected chi connectivity index (χ2v) is 7.63. The van der Waals surface area contributed by atoms with Gasteiger partial charge >= 0.3 is 5.97 Å². The van der Waals surface area contributed by atoms with E-state index in [0.717, 1.165) is 42.1 Å². The molecule has 2 saturated heterocycles. The van der Waals surface area contributed by atoms with E-state index in [4.69, 9.17) is 16.3 Å². The van der Waals surface area contributed by atoms with E-state index in [1.54, 1.807) is 0 Å². The normalized spacial score (nSPS) is 23.0. The maximum Gasteiger partial charge on any atom is 0.310 e. The molecule has 4 heterocycles. The van der Waals surface area contributed by atoms with Crippen molar-refractivity contribution in [3.05, 3.63) is 17.5 Å². The Bertz CT molecular complexity index is 744. The van der Waals surface area contributed by atoms with Gasteiger partial charge in [0.1, 0.15) is 22.9 Å². The van der Waals surface area contributed by atoms with Gasteiger partial charge in [-0.1, -0.05) is 11.6 Å². The highest BCUT2D eigenvalue weighted by atomic mass is 35.5. The molecule has 2 aromatic heterocycles. The number of methoxy groups -OCH3 is 1. The SMILES string of the molecule is COC(=O)C1CCSC12CN(c1ncnc3[nH]c(Cl)cc13)C2. The first-order chi connectivity index (χ1) is 10.6. The van der Waals surface area contributed by atoms with Gasteiger partial charge in [0.05, 0.1) is 23.2 Å². The zero-order valence-electron chi connectivity index (χ0n) is 12.0. The highest BCUT2D eigenvalue weighted by molar-refractivity contribution is 8.01. The van der Waals surface area contributed by atoms with E-state index >= 15 is 0 Å². The molecule has 1 atom stereocenters. The summed E-state index contributed by atoms with van der Waals surface area (Å²) >= 11 is 7.89. The Morgan fingerprint density at radius 2 is 2.36 bits per heavy atom. The highest BCUT2D eigenvalue weighted by Gasteiger charge is 2.56. The van der Waals surface area contributed by atoms with Gasteiger partial charge in [0.2, 0.25) is 0 Å². The van der Waals surface area contributed by atoms with E-state index < -0.39 is 0 Å². The standard InChI is InChI=1S/C14H15ClN4O2S/c1-21-13(20)9-2-3-22-14(9)5-19(6-14)12-8-4-10(15)18-11(8)16-7-17-12/h4,7,9H,2-3,5-6H2,1H3,(H,16,17,18). The second-order valence-electron chi connectivity index (χ2n) is 5.71. The van der Waals surface area contributed by atoms with E-state index in [9.17, 15) is 4.79 Å². The second kappa shape index (κ2) is 5.03. The monoisotopic (exact) mass is 338 g/mol. The van der Waals surface area contributed by atoms with Crippen molar-refractivity contribution in [2.45, 2.75) is 11.2 Å². The average Bonchev–Trinajstić information content (AvgIpc) is 3.06. The fourth-order valence-corrected chi connectivity index (χ4v) is 5.29. The molecule has 8 heteroatoms. The van der Waals surface area contributed by atoms with Gasteiger partial charge in [-0.2, -0.15) is 11.8 Å². The average molecular weight is 339 g/mol. The lowest BCUT2D eigenvalue weighted by Gasteiger charge is -2.50. The van der Waals surface area contributed by atoms with E-state index in [0.29, 0.717) is 5.15 Å². The molecule has 1 N–H and O–H groups in total. The number of hydrogen-bond donors (Lipinski definition) is 1. The molecule has 4 rings (SSSR count). The number of thioether (sulfide) groups is 1. The maximum atomic E-state index is 12.0. The van der Waals surface area contributed by atoms with Crippen molar-refractivity contribution >= 4 is 46.2 Å². The molecule has 2 aliphatic heterocycles. The number of anilines is 1. The highest BCUT2D eigenvalue weighted by Crippen LogP contribution is 2.50. The lowest BCUT2D eigenvalue weighted by molar-refractivity contribution is -0.146. The Labute approximate surface area is 136 Å². The minimum Gasteiger partial charge on any atom is -0.469 e. The third kappa shape index (κ3) is 1.99. The van der Waals surface area contributed by atoms with Gasteiger partial charge in [0.15, 0.2) is 0 Å². The molecule has 22 heavy (non-hydrogen) atoms. The van der Waals surface area contributed by atoms with Crippen molar-refractivity contribution < 1.29 is 9.53 Å². The number of halogens is 1. The van der Waals surface area contributed by atoms with Gasteiger partial charge in [0.25, 0.3) is 0 Å². The number of hydrogen-bond acceptors (Lipinski definition) is 6.